The van der Waals surface area contributed by atoms with Crippen LogP contribution in [0.4, 0.5) is 0 Å². The van der Waals surface area contributed by atoms with Gasteiger partial charge in [-0.1, -0.05) is 53.4 Å². The van der Waals surface area contributed by atoms with E-state index in [1.54, 1.807) is 0 Å². The molecule has 0 rings (SSSR count). The van der Waals surface area contributed by atoms with E-state index in [9.17, 15) is 0 Å². The highest BCUT2D eigenvalue weighted by molar-refractivity contribution is 7.51. The maximum absolute atomic E-state index is 8.29. The molecular formula is C10H22O2S. The molecule has 0 aromatic heterocycles. The van der Waals surface area contributed by atoms with E-state index in [1.165, 1.54) is 32.1 Å². The first-order valence-electron chi connectivity index (χ1n) is 4.89. The zero-order valence-electron chi connectivity index (χ0n) is 9.26. The monoisotopic (exact) mass is 206 g/mol. The van der Waals surface area contributed by atoms with Gasteiger partial charge < -0.3 is 0 Å². The van der Waals surface area contributed by atoms with Crippen LogP contribution in [0.1, 0.15) is 59.8 Å². The second-order valence-corrected chi connectivity index (χ2v) is 4.58. The standard InChI is InChI=1S/C10H22.O2S/c1-5-6-7-8-9-10(2,3)4;1-3-2/h5-9H2,1-4H3;. The number of hydrogen-bond acceptors (Lipinski definition) is 2. The van der Waals surface area contributed by atoms with Crippen LogP contribution in [-0.2, 0) is 11.6 Å². The lowest BCUT2D eigenvalue weighted by Crippen LogP contribution is -2.03. The second kappa shape index (κ2) is 9.90. The van der Waals surface area contributed by atoms with E-state index in [4.69, 9.17) is 8.42 Å². The van der Waals surface area contributed by atoms with Crippen LogP contribution in [0.3, 0.4) is 0 Å². The van der Waals surface area contributed by atoms with Crippen LogP contribution in [-0.4, -0.2) is 8.42 Å². The van der Waals surface area contributed by atoms with E-state index in [1.807, 2.05) is 0 Å². The quantitative estimate of drug-likeness (QED) is 0.661. The highest BCUT2D eigenvalue weighted by atomic mass is 32.1. The molecule has 80 valence electrons. The zero-order chi connectivity index (χ0) is 10.7. The Hall–Kier alpha value is -0.180. The molecule has 0 aromatic rings. The summed E-state index contributed by atoms with van der Waals surface area (Å²) >= 11 is -0.750. The molecule has 0 saturated heterocycles. The molecule has 0 atom stereocenters. The smallest absolute Gasteiger partial charge is 0.168 e. The summed E-state index contributed by atoms with van der Waals surface area (Å²) in [5.74, 6) is 0. The third kappa shape index (κ3) is 24.5. The lowest BCUT2D eigenvalue weighted by molar-refractivity contribution is 0.358. The van der Waals surface area contributed by atoms with Crippen LogP contribution in [0.5, 0.6) is 0 Å². The van der Waals surface area contributed by atoms with Crippen LogP contribution in [0.25, 0.3) is 0 Å². The molecule has 3 heteroatoms. The van der Waals surface area contributed by atoms with Gasteiger partial charge in [0.25, 0.3) is 0 Å². The van der Waals surface area contributed by atoms with Crippen molar-refractivity contribution in [2.24, 2.45) is 5.41 Å². The first kappa shape index (κ1) is 15.3. The second-order valence-electron chi connectivity index (χ2n) is 4.44. The highest BCUT2D eigenvalue weighted by Crippen LogP contribution is 2.22. The molecule has 0 aliphatic carbocycles. The Morgan fingerprint density at radius 1 is 1.00 bits per heavy atom. The molecular weight excluding hydrogens is 184 g/mol. The summed E-state index contributed by atoms with van der Waals surface area (Å²) in [6, 6.07) is 0. The Balaban J connectivity index is 0. The van der Waals surface area contributed by atoms with Gasteiger partial charge in [-0.2, -0.15) is 8.42 Å². The Morgan fingerprint density at radius 3 is 1.77 bits per heavy atom. The SMILES string of the molecule is CCCCCCC(C)(C)C.O=S=O. The van der Waals surface area contributed by atoms with Crippen LogP contribution in [0.2, 0.25) is 0 Å². The molecule has 2 nitrogen and oxygen atoms in total. The van der Waals surface area contributed by atoms with E-state index >= 15 is 0 Å². The van der Waals surface area contributed by atoms with Gasteiger partial charge in [0.1, 0.15) is 0 Å². The van der Waals surface area contributed by atoms with Gasteiger partial charge in [0, 0.05) is 0 Å². The van der Waals surface area contributed by atoms with Gasteiger partial charge in [0.15, 0.2) is 0 Å². The van der Waals surface area contributed by atoms with Crippen molar-refractivity contribution in [3.05, 3.63) is 0 Å². The third-order valence-electron chi connectivity index (χ3n) is 1.78. The van der Waals surface area contributed by atoms with Crippen molar-refractivity contribution >= 4 is 11.6 Å². The predicted molar refractivity (Wildman–Crippen MR) is 57.1 cm³/mol. The lowest BCUT2D eigenvalue weighted by atomic mass is 9.89. The Bertz CT molecular complexity index is 132. The molecule has 0 fully saturated rings. The maximum atomic E-state index is 8.29. The molecule has 0 N–H and O–H groups in total. The summed E-state index contributed by atoms with van der Waals surface area (Å²) in [5.41, 5.74) is 0.549. The molecule has 0 aromatic carbocycles. The van der Waals surface area contributed by atoms with Crippen LogP contribution in [0, 0.1) is 5.41 Å². The Morgan fingerprint density at radius 2 is 1.46 bits per heavy atom. The van der Waals surface area contributed by atoms with Crippen molar-refractivity contribution < 1.29 is 8.42 Å². The first-order valence-corrected chi connectivity index (χ1v) is 5.56. The fraction of sp³-hybridized carbons (Fsp3) is 1.00. The van der Waals surface area contributed by atoms with Gasteiger partial charge in [-0.25, -0.2) is 0 Å². The average Bonchev–Trinajstić information content (AvgIpc) is 1.98. The van der Waals surface area contributed by atoms with Crippen molar-refractivity contribution in [3.63, 3.8) is 0 Å². The molecule has 0 heterocycles. The van der Waals surface area contributed by atoms with E-state index in [-0.39, 0.29) is 0 Å². The van der Waals surface area contributed by atoms with Gasteiger partial charge in [0.2, 0.25) is 0 Å². The van der Waals surface area contributed by atoms with E-state index in [0.717, 1.165) is 0 Å². The van der Waals surface area contributed by atoms with Gasteiger partial charge in [0.05, 0.1) is 0 Å². The van der Waals surface area contributed by atoms with Crippen molar-refractivity contribution in [2.75, 3.05) is 0 Å². The first-order chi connectivity index (χ1) is 5.97. The largest absolute Gasteiger partial charge is 0.335 e. The predicted octanol–water partition coefficient (Wildman–Crippen LogP) is 3.33. The molecule has 0 unspecified atom stereocenters. The fourth-order valence-corrected chi connectivity index (χ4v) is 1.08. The van der Waals surface area contributed by atoms with Crippen molar-refractivity contribution in [3.8, 4) is 0 Å². The van der Waals surface area contributed by atoms with Gasteiger partial charge in [-0.05, 0) is 11.8 Å². The lowest BCUT2D eigenvalue weighted by Gasteiger charge is -2.17. The molecule has 13 heavy (non-hydrogen) atoms. The van der Waals surface area contributed by atoms with Gasteiger partial charge in [-0.15, -0.1) is 0 Å². The van der Waals surface area contributed by atoms with Crippen LogP contribution >= 0.6 is 0 Å². The maximum Gasteiger partial charge on any atom is 0.335 e. The molecule has 0 aliphatic rings. The summed E-state index contributed by atoms with van der Waals surface area (Å²) in [7, 11) is 0. The number of hydrogen-bond donors (Lipinski definition) is 0. The molecule has 0 bridgehead atoms. The van der Waals surface area contributed by atoms with Crippen molar-refractivity contribution in [1.82, 2.24) is 0 Å². The van der Waals surface area contributed by atoms with Crippen LogP contribution < -0.4 is 0 Å². The minimum absolute atomic E-state index is 0.549. The van der Waals surface area contributed by atoms with E-state index < -0.39 is 11.6 Å². The summed E-state index contributed by atoms with van der Waals surface area (Å²) in [6.45, 7) is 9.22. The molecule has 0 radical (unpaired) electrons. The van der Waals surface area contributed by atoms with Crippen molar-refractivity contribution in [1.29, 1.82) is 0 Å². The van der Waals surface area contributed by atoms with E-state index in [0.29, 0.717) is 5.41 Å². The Kier molecular flexibility index (Phi) is 11.7. The molecule has 0 amide bonds. The average molecular weight is 206 g/mol. The summed E-state index contributed by atoms with van der Waals surface area (Å²) < 4.78 is 16.6. The third-order valence-corrected chi connectivity index (χ3v) is 1.78. The Labute approximate surface area is 85.7 Å². The van der Waals surface area contributed by atoms with E-state index in [2.05, 4.69) is 27.7 Å². The number of unbranched alkanes of at least 4 members (excludes halogenated alkanes) is 3. The topological polar surface area (TPSA) is 34.1 Å². The summed E-state index contributed by atoms with van der Waals surface area (Å²) in [5, 5.41) is 0. The fourth-order valence-electron chi connectivity index (χ4n) is 1.08. The summed E-state index contributed by atoms with van der Waals surface area (Å²) in [6.07, 6.45) is 6.98. The van der Waals surface area contributed by atoms with Crippen LogP contribution in [0.15, 0.2) is 0 Å². The molecule has 0 saturated carbocycles. The molecule has 0 spiro atoms. The highest BCUT2D eigenvalue weighted by Gasteiger charge is 2.08. The minimum atomic E-state index is -0.750. The normalized spacial score (nSPS) is 10.2. The zero-order valence-corrected chi connectivity index (χ0v) is 10.1. The summed E-state index contributed by atoms with van der Waals surface area (Å²) in [4.78, 5) is 0. The molecule has 0 aliphatic heterocycles. The van der Waals surface area contributed by atoms with Gasteiger partial charge in [-0.3, -0.25) is 0 Å². The minimum Gasteiger partial charge on any atom is -0.168 e. The van der Waals surface area contributed by atoms with Gasteiger partial charge >= 0.3 is 11.6 Å². The van der Waals surface area contributed by atoms with Crippen molar-refractivity contribution in [2.45, 2.75) is 59.8 Å². The number of rotatable bonds is 4.